The minimum atomic E-state index is -4.67. The summed E-state index contributed by atoms with van der Waals surface area (Å²) < 4.78 is 58.5. The van der Waals surface area contributed by atoms with Gasteiger partial charge in [-0.1, -0.05) is 0 Å². The molecule has 0 unspecified atom stereocenters. The van der Waals surface area contributed by atoms with Gasteiger partial charge in [-0.15, -0.1) is 0 Å². The summed E-state index contributed by atoms with van der Waals surface area (Å²) in [7, 11) is 0. The first kappa shape index (κ1) is 21.8. The van der Waals surface area contributed by atoms with Gasteiger partial charge in [0.05, 0.1) is 11.1 Å². The van der Waals surface area contributed by atoms with Gasteiger partial charge in [0.15, 0.2) is 0 Å². The summed E-state index contributed by atoms with van der Waals surface area (Å²) in [5, 5.41) is 2.45. The molecule has 0 aliphatic heterocycles. The summed E-state index contributed by atoms with van der Waals surface area (Å²) in [6, 6.07) is 8.58. The van der Waals surface area contributed by atoms with Crippen molar-refractivity contribution in [3.8, 4) is 11.5 Å². The van der Waals surface area contributed by atoms with E-state index in [2.05, 4.69) is 10.3 Å². The van der Waals surface area contributed by atoms with E-state index in [9.17, 15) is 27.2 Å². The van der Waals surface area contributed by atoms with Crippen LogP contribution in [-0.2, 0) is 6.18 Å². The standard InChI is InChI=1S/C21H15F4N3O3/c1-11-8-14(3-5-16(11)22)31-18-9-12(21(23,24)25)2-4-15(18)20(30)28-13-6-7-27-17(10-13)19(26)29/h2-10H,1H3,(H2,26,29)(H,27,28,30). The van der Waals surface area contributed by atoms with E-state index < -0.39 is 29.4 Å². The maximum atomic E-state index is 13.5. The summed E-state index contributed by atoms with van der Waals surface area (Å²) >= 11 is 0. The first-order valence-corrected chi connectivity index (χ1v) is 8.77. The quantitative estimate of drug-likeness (QED) is 0.571. The van der Waals surface area contributed by atoms with E-state index in [0.29, 0.717) is 6.07 Å². The number of aromatic nitrogens is 1. The largest absolute Gasteiger partial charge is 0.457 e. The zero-order chi connectivity index (χ0) is 22.8. The molecular formula is C21H15F4N3O3. The molecule has 0 fully saturated rings. The molecule has 0 aliphatic carbocycles. The van der Waals surface area contributed by atoms with Crippen molar-refractivity contribution in [3.05, 3.63) is 82.9 Å². The van der Waals surface area contributed by atoms with Gasteiger partial charge in [-0.25, -0.2) is 4.39 Å². The Morgan fingerprint density at radius 3 is 2.45 bits per heavy atom. The Kier molecular flexibility index (Phi) is 5.91. The first-order valence-electron chi connectivity index (χ1n) is 8.77. The fourth-order valence-corrected chi connectivity index (χ4v) is 2.62. The number of benzene rings is 2. The number of amides is 2. The van der Waals surface area contributed by atoms with Gasteiger partial charge in [-0.3, -0.25) is 14.6 Å². The van der Waals surface area contributed by atoms with E-state index in [1.807, 2.05) is 0 Å². The lowest BCUT2D eigenvalue weighted by Gasteiger charge is -2.15. The van der Waals surface area contributed by atoms with Crippen molar-refractivity contribution >= 4 is 17.5 Å². The molecule has 160 valence electrons. The van der Waals surface area contributed by atoms with Gasteiger partial charge >= 0.3 is 6.18 Å². The predicted molar refractivity (Wildman–Crippen MR) is 103 cm³/mol. The average molecular weight is 433 g/mol. The van der Waals surface area contributed by atoms with Crippen molar-refractivity contribution in [2.45, 2.75) is 13.1 Å². The number of halogens is 4. The number of alkyl halides is 3. The van der Waals surface area contributed by atoms with Crippen LogP contribution in [0.2, 0.25) is 0 Å². The molecule has 0 radical (unpaired) electrons. The Bertz CT molecular complexity index is 1160. The van der Waals surface area contributed by atoms with Crippen LogP contribution in [0.4, 0.5) is 23.2 Å². The second-order valence-electron chi connectivity index (χ2n) is 6.47. The molecule has 0 spiro atoms. The minimum absolute atomic E-state index is 0.0483. The molecule has 3 rings (SSSR count). The number of carbonyl (C=O) groups excluding carboxylic acids is 2. The van der Waals surface area contributed by atoms with E-state index in [-0.39, 0.29) is 34.0 Å². The number of hydrogen-bond acceptors (Lipinski definition) is 4. The van der Waals surface area contributed by atoms with Crippen LogP contribution in [0.25, 0.3) is 0 Å². The normalized spacial score (nSPS) is 11.1. The van der Waals surface area contributed by atoms with E-state index in [1.165, 1.54) is 37.4 Å². The summed E-state index contributed by atoms with van der Waals surface area (Å²) in [5.74, 6) is -2.47. The highest BCUT2D eigenvalue weighted by Gasteiger charge is 2.32. The molecule has 31 heavy (non-hydrogen) atoms. The molecule has 3 N–H and O–H groups in total. The first-order chi connectivity index (χ1) is 14.5. The smallest absolute Gasteiger partial charge is 0.416 e. The number of nitrogens with zero attached hydrogens (tertiary/aromatic N) is 1. The van der Waals surface area contributed by atoms with Crippen LogP contribution in [0.15, 0.2) is 54.7 Å². The van der Waals surface area contributed by atoms with Crippen LogP contribution in [0.3, 0.4) is 0 Å². The molecule has 3 aromatic rings. The topological polar surface area (TPSA) is 94.3 Å². The monoisotopic (exact) mass is 433 g/mol. The van der Waals surface area contributed by atoms with Crippen molar-refractivity contribution in [2.75, 3.05) is 5.32 Å². The fourth-order valence-electron chi connectivity index (χ4n) is 2.62. The lowest BCUT2D eigenvalue weighted by molar-refractivity contribution is -0.137. The molecule has 0 saturated heterocycles. The summed E-state index contributed by atoms with van der Waals surface area (Å²) in [6.07, 6.45) is -3.44. The predicted octanol–water partition coefficient (Wildman–Crippen LogP) is 4.69. The molecule has 0 saturated carbocycles. The van der Waals surface area contributed by atoms with E-state index >= 15 is 0 Å². The van der Waals surface area contributed by atoms with E-state index in [1.54, 1.807) is 0 Å². The number of hydrogen-bond donors (Lipinski definition) is 2. The number of anilines is 1. The second kappa shape index (κ2) is 8.42. The van der Waals surface area contributed by atoms with Crippen LogP contribution in [0.5, 0.6) is 11.5 Å². The molecule has 0 atom stereocenters. The lowest BCUT2D eigenvalue weighted by atomic mass is 10.1. The van der Waals surface area contributed by atoms with Crippen LogP contribution in [0.1, 0.15) is 32.0 Å². The Balaban J connectivity index is 1.98. The summed E-state index contributed by atoms with van der Waals surface area (Å²) in [4.78, 5) is 27.7. The third-order valence-corrected chi connectivity index (χ3v) is 4.18. The SMILES string of the molecule is Cc1cc(Oc2cc(C(F)(F)F)ccc2C(=O)Nc2ccnc(C(N)=O)c2)ccc1F. The highest BCUT2D eigenvalue weighted by atomic mass is 19.4. The van der Waals surface area contributed by atoms with Crippen LogP contribution >= 0.6 is 0 Å². The fraction of sp³-hybridized carbons (Fsp3) is 0.0952. The van der Waals surface area contributed by atoms with Crippen molar-refractivity contribution in [1.29, 1.82) is 0 Å². The van der Waals surface area contributed by atoms with Gasteiger partial charge < -0.3 is 15.8 Å². The molecule has 2 aromatic carbocycles. The van der Waals surface area contributed by atoms with Crippen molar-refractivity contribution in [3.63, 3.8) is 0 Å². The number of pyridine rings is 1. The molecular weight excluding hydrogens is 418 g/mol. The van der Waals surface area contributed by atoms with Gasteiger partial charge in [0.1, 0.15) is 23.0 Å². The number of carbonyl (C=O) groups is 2. The lowest BCUT2D eigenvalue weighted by Crippen LogP contribution is -2.16. The number of rotatable bonds is 5. The van der Waals surface area contributed by atoms with Crippen molar-refractivity contribution in [1.82, 2.24) is 4.98 Å². The molecule has 1 aromatic heterocycles. The van der Waals surface area contributed by atoms with E-state index in [4.69, 9.17) is 10.5 Å². The number of ether oxygens (including phenoxy) is 1. The molecule has 6 nitrogen and oxygen atoms in total. The van der Waals surface area contributed by atoms with Gasteiger partial charge in [0, 0.05) is 11.9 Å². The van der Waals surface area contributed by atoms with Gasteiger partial charge in [0.25, 0.3) is 11.8 Å². The van der Waals surface area contributed by atoms with E-state index in [0.717, 1.165) is 18.2 Å². The molecule has 0 aliphatic rings. The van der Waals surface area contributed by atoms with Gasteiger partial charge in [-0.2, -0.15) is 13.2 Å². The Labute approximate surface area is 173 Å². The highest BCUT2D eigenvalue weighted by molar-refractivity contribution is 6.06. The zero-order valence-corrected chi connectivity index (χ0v) is 16.0. The maximum absolute atomic E-state index is 13.5. The summed E-state index contributed by atoms with van der Waals surface area (Å²) in [6.45, 7) is 1.46. The number of primary amides is 1. The maximum Gasteiger partial charge on any atom is 0.416 e. The van der Waals surface area contributed by atoms with Crippen molar-refractivity contribution < 1.29 is 31.9 Å². The molecule has 1 heterocycles. The van der Waals surface area contributed by atoms with Crippen LogP contribution < -0.4 is 15.8 Å². The highest BCUT2D eigenvalue weighted by Crippen LogP contribution is 2.35. The van der Waals surface area contributed by atoms with Gasteiger partial charge in [0.2, 0.25) is 0 Å². The Morgan fingerprint density at radius 2 is 1.81 bits per heavy atom. The third-order valence-electron chi connectivity index (χ3n) is 4.18. The number of nitrogens with two attached hydrogens (primary N) is 1. The van der Waals surface area contributed by atoms with Crippen LogP contribution in [-0.4, -0.2) is 16.8 Å². The summed E-state index contributed by atoms with van der Waals surface area (Å²) in [5.41, 5.74) is 4.16. The van der Waals surface area contributed by atoms with Gasteiger partial charge in [-0.05, 0) is 61.0 Å². The Hall–Kier alpha value is -3.95. The number of aryl methyl sites for hydroxylation is 1. The zero-order valence-electron chi connectivity index (χ0n) is 16.0. The molecule has 10 heteroatoms. The van der Waals surface area contributed by atoms with Crippen LogP contribution in [0, 0.1) is 12.7 Å². The molecule has 2 amide bonds. The second-order valence-corrected chi connectivity index (χ2v) is 6.47. The molecule has 0 bridgehead atoms. The van der Waals surface area contributed by atoms with Crippen molar-refractivity contribution in [2.24, 2.45) is 5.73 Å². The number of nitrogens with one attached hydrogen (secondary N) is 1. The minimum Gasteiger partial charge on any atom is -0.457 e. The third kappa shape index (κ3) is 5.16. The average Bonchev–Trinajstić information content (AvgIpc) is 2.70. The Morgan fingerprint density at radius 1 is 1.06 bits per heavy atom.